The Morgan fingerprint density at radius 3 is 3.00 bits per heavy atom. The molecule has 0 spiro atoms. The van der Waals surface area contributed by atoms with Gasteiger partial charge >= 0.3 is 5.63 Å². The number of nitrogens with one attached hydrogen (secondary N) is 1. The number of hydrogen-bond acceptors (Lipinski definition) is 4. The van der Waals surface area contributed by atoms with Crippen LogP contribution in [0, 0.1) is 0 Å². The van der Waals surface area contributed by atoms with Gasteiger partial charge in [0.1, 0.15) is 11.0 Å². The van der Waals surface area contributed by atoms with Crippen molar-refractivity contribution >= 4 is 40.7 Å². The van der Waals surface area contributed by atoms with Crippen LogP contribution in [0.4, 0.5) is 0 Å². The summed E-state index contributed by atoms with van der Waals surface area (Å²) >= 11 is 6.01. The number of carbonyl (C=O) groups excluding carboxylic acids is 1. The minimum absolute atomic E-state index is 0.176. The van der Waals surface area contributed by atoms with E-state index in [0.29, 0.717) is 32.5 Å². The number of halogens is 1. The van der Waals surface area contributed by atoms with Gasteiger partial charge < -0.3 is 9.40 Å². The number of unbranched alkanes of at least 4 members (excludes halogenated alkanes) is 1. The van der Waals surface area contributed by atoms with Gasteiger partial charge in [-0.25, -0.2) is 9.78 Å². The molecule has 0 radical (unpaired) electrons. The van der Waals surface area contributed by atoms with Crippen molar-refractivity contribution in [3.63, 3.8) is 0 Å². The predicted molar refractivity (Wildman–Crippen MR) is 92.6 cm³/mol. The molecule has 0 aromatic carbocycles. The Morgan fingerprint density at radius 2 is 2.29 bits per heavy atom. The number of carbonyl (C=O) groups is 1. The van der Waals surface area contributed by atoms with Crippen LogP contribution in [0.3, 0.4) is 0 Å². The fourth-order valence-electron chi connectivity index (χ4n) is 2.44. The lowest BCUT2D eigenvalue weighted by Crippen LogP contribution is -2.21. The zero-order chi connectivity index (χ0) is 17.3. The summed E-state index contributed by atoms with van der Waals surface area (Å²) in [6.07, 6.45) is 8.34. The van der Waals surface area contributed by atoms with Crippen molar-refractivity contribution in [1.82, 2.24) is 14.5 Å². The largest absolute Gasteiger partial charge is 0.405 e. The van der Waals surface area contributed by atoms with Crippen LogP contribution in [0.25, 0.3) is 23.2 Å². The van der Waals surface area contributed by atoms with Gasteiger partial charge in [-0.05, 0) is 24.6 Å². The van der Waals surface area contributed by atoms with Crippen LogP contribution in [0.5, 0.6) is 0 Å². The molecule has 0 saturated heterocycles. The smallest absolute Gasteiger partial charge is 0.361 e. The van der Waals surface area contributed by atoms with E-state index >= 15 is 0 Å². The van der Waals surface area contributed by atoms with Gasteiger partial charge in [-0.15, -0.1) is 0 Å². The van der Waals surface area contributed by atoms with Crippen molar-refractivity contribution in [1.29, 1.82) is 0 Å². The second-order valence-electron chi connectivity index (χ2n) is 5.43. The minimum Gasteiger partial charge on any atom is -0.405 e. The second-order valence-corrected chi connectivity index (χ2v) is 5.86. The third-order valence-electron chi connectivity index (χ3n) is 3.58. The Balaban J connectivity index is 2.24. The van der Waals surface area contributed by atoms with E-state index in [2.05, 4.69) is 9.97 Å². The van der Waals surface area contributed by atoms with E-state index in [1.165, 1.54) is 17.7 Å². The molecule has 0 atom stereocenters. The number of aromatic nitrogens is 3. The maximum absolute atomic E-state index is 12.0. The monoisotopic (exact) mass is 345 g/mol. The summed E-state index contributed by atoms with van der Waals surface area (Å²) in [5.41, 5.74) is 1.12. The second kappa shape index (κ2) is 6.49. The van der Waals surface area contributed by atoms with Gasteiger partial charge in [0.15, 0.2) is 5.55 Å². The van der Waals surface area contributed by atoms with Crippen molar-refractivity contribution in [3.8, 4) is 0 Å². The number of nitrogens with zero attached hydrogens (tertiary/aromatic N) is 2. The molecule has 7 heteroatoms. The number of fused-ring (bicyclic) bond motifs is 1. The van der Waals surface area contributed by atoms with Crippen molar-refractivity contribution in [2.75, 3.05) is 0 Å². The zero-order valence-electron chi connectivity index (χ0n) is 13.3. The fourth-order valence-corrected chi connectivity index (χ4v) is 2.60. The number of aromatic amines is 1. The summed E-state index contributed by atoms with van der Waals surface area (Å²) < 4.78 is 6.59. The van der Waals surface area contributed by atoms with Crippen LogP contribution < -0.4 is 16.5 Å². The third-order valence-corrected chi connectivity index (χ3v) is 3.79. The first-order valence-electron chi connectivity index (χ1n) is 7.58. The maximum atomic E-state index is 12.0. The Labute approximate surface area is 142 Å². The molecule has 0 fully saturated rings. The molecular weight excluding hydrogens is 330 g/mol. The number of H-pyrrole nitrogens is 1. The highest BCUT2D eigenvalue weighted by atomic mass is 35.5. The normalized spacial score (nSPS) is 13.1. The molecule has 3 heterocycles. The zero-order valence-corrected chi connectivity index (χ0v) is 14.1. The van der Waals surface area contributed by atoms with Gasteiger partial charge in [0.25, 0.3) is 0 Å². The lowest BCUT2D eigenvalue weighted by atomic mass is 10.2. The van der Waals surface area contributed by atoms with Crippen LogP contribution in [0.15, 0.2) is 27.7 Å². The quantitative estimate of drug-likeness (QED) is 0.787. The van der Waals surface area contributed by atoms with Crippen LogP contribution in [-0.2, 0) is 0 Å². The Bertz CT molecular complexity index is 1090. The molecule has 1 N–H and O–H groups in total. The molecule has 6 nitrogen and oxygen atoms in total. The first-order chi connectivity index (χ1) is 11.5. The van der Waals surface area contributed by atoms with E-state index in [1.807, 2.05) is 13.0 Å². The average molecular weight is 346 g/mol. The molecule has 3 aromatic heterocycles. The molecule has 0 unspecified atom stereocenters. The van der Waals surface area contributed by atoms with Crippen LogP contribution in [0.2, 0.25) is 5.02 Å². The van der Waals surface area contributed by atoms with E-state index in [9.17, 15) is 9.59 Å². The van der Waals surface area contributed by atoms with Crippen LogP contribution >= 0.6 is 11.6 Å². The molecule has 124 valence electrons. The number of oxazole rings is 1. The highest BCUT2D eigenvalue weighted by molar-refractivity contribution is 6.31. The van der Waals surface area contributed by atoms with Crippen LogP contribution in [-0.4, -0.2) is 20.4 Å². The van der Waals surface area contributed by atoms with Gasteiger partial charge in [0, 0.05) is 30.3 Å². The summed E-state index contributed by atoms with van der Waals surface area (Å²) in [5.74, 6) is -0.176. The molecule has 24 heavy (non-hydrogen) atoms. The Morgan fingerprint density at radius 1 is 1.50 bits per heavy atom. The average Bonchev–Trinajstić information content (AvgIpc) is 3.07. The molecule has 0 bridgehead atoms. The van der Waals surface area contributed by atoms with E-state index in [1.54, 1.807) is 18.3 Å². The van der Waals surface area contributed by atoms with Crippen molar-refractivity contribution in [2.45, 2.75) is 26.7 Å². The molecule has 0 amide bonds. The highest BCUT2D eigenvalue weighted by Crippen LogP contribution is 2.23. The van der Waals surface area contributed by atoms with Crippen molar-refractivity contribution in [3.05, 3.63) is 50.4 Å². The standard InChI is InChI=1S/C17H16ClN3O3/c1-3-4-5-15-20-14(17(23)24-15)6-11-9-21(10(2)22)16-13(11)7-12(18)8-19-16/h5-9,20H,3-4H2,1-2H3. The molecular formula is C17H16ClN3O3. The van der Waals surface area contributed by atoms with Gasteiger partial charge in [0.05, 0.1) is 5.02 Å². The van der Waals surface area contributed by atoms with Crippen molar-refractivity contribution in [2.24, 2.45) is 0 Å². The summed E-state index contributed by atoms with van der Waals surface area (Å²) in [6.45, 7) is 3.48. The first-order valence-corrected chi connectivity index (χ1v) is 7.96. The van der Waals surface area contributed by atoms with E-state index in [4.69, 9.17) is 16.0 Å². The number of pyridine rings is 1. The minimum atomic E-state index is -0.462. The van der Waals surface area contributed by atoms with Gasteiger partial charge in [-0.3, -0.25) is 9.36 Å². The Kier molecular flexibility index (Phi) is 4.40. The SMILES string of the molecule is CCCC=c1[nH]c(=Cc2cn(C(C)=O)c3ncc(Cl)cc23)c(=O)o1. The summed E-state index contributed by atoms with van der Waals surface area (Å²) in [7, 11) is 0. The number of rotatable bonds is 3. The molecule has 0 aliphatic heterocycles. The van der Waals surface area contributed by atoms with Gasteiger partial charge in [-0.2, -0.15) is 0 Å². The molecule has 0 aliphatic carbocycles. The molecule has 0 aliphatic rings. The van der Waals surface area contributed by atoms with E-state index < -0.39 is 5.63 Å². The lowest BCUT2D eigenvalue weighted by Gasteiger charge is -1.97. The van der Waals surface area contributed by atoms with Gasteiger partial charge in [0.2, 0.25) is 5.91 Å². The summed E-state index contributed by atoms with van der Waals surface area (Å²) in [4.78, 5) is 30.9. The van der Waals surface area contributed by atoms with Gasteiger partial charge in [-0.1, -0.05) is 24.9 Å². The first kappa shape index (κ1) is 16.3. The summed E-state index contributed by atoms with van der Waals surface area (Å²) in [6, 6.07) is 1.71. The fraction of sp³-hybridized carbons (Fsp3) is 0.235. The maximum Gasteiger partial charge on any atom is 0.361 e. The highest BCUT2D eigenvalue weighted by Gasteiger charge is 2.12. The van der Waals surface area contributed by atoms with E-state index in [0.717, 1.165) is 12.8 Å². The summed E-state index contributed by atoms with van der Waals surface area (Å²) in [5, 5.41) is 1.44. The van der Waals surface area contributed by atoms with E-state index in [-0.39, 0.29) is 5.91 Å². The molecule has 3 rings (SSSR count). The molecule has 3 aromatic rings. The third kappa shape index (κ3) is 3.05. The number of hydrogen-bond donors (Lipinski definition) is 1. The Hall–Kier alpha value is -2.60. The predicted octanol–water partition coefficient (Wildman–Crippen LogP) is 2.04. The molecule has 0 saturated carbocycles. The van der Waals surface area contributed by atoms with Crippen molar-refractivity contribution < 1.29 is 9.21 Å². The lowest BCUT2D eigenvalue weighted by molar-refractivity contribution is 0.0941. The van der Waals surface area contributed by atoms with Crippen LogP contribution in [0.1, 0.15) is 37.0 Å². The topological polar surface area (TPSA) is 80.9 Å².